The van der Waals surface area contributed by atoms with E-state index in [-0.39, 0.29) is 12.2 Å². The van der Waals surface area contributed by atoms with Crippen LogP contribution < -0.4 is 26.2 Å². The number of benzene rings is 1. The van der Waals surface area contributed by atoms with Crippen molar-refractivity contribution in [1.82, 2.24) is 5.43 Å². The van der Waals surface area contributed by atoms with Gasteiger partial charge in [-0.15, -0.1) is 0 Å². The Kier molecular flexibility index (Phi) is 5.67. The molecule has 4 rings (SSSR count). The molecular weight excluding hydrogens is 304 g/mol. The zero-order valence-corrected chi connectivity index (χ0v) is 13.8. The lowest BCUT2D eigenvalue weighted by Gasteiger charge is -2.20. The van der Waals surface area contributed by atoms with Crippen LogP contribution in [0, 0.1) is 5.92 Å². The number of fused-ring (bicyclic) bond motifs is 1. The maximum absolute atomic E-state index is 10.7. The van der Waals surface area contributed by atoms with Crippen LogP contribution >= 0.6 is 0 Å². The Morgan fingerprint density at radius 2 is 1.83 bits per heavy atom. The molecule has 1 aliphatic carbocycles. The van der Waals surface area contributed by atoms with Crippen LogP contribution in [-0.2, 0) is 0 Å². The zero-order valence-electron chi connectivity index (χ0n) is 13.8. The summed E-state index contributed by atoms with van der Waals surface area (Å²) < 4.78 is 10.4. The fraction of sp³-hybridized carbons (Fsp3) is 0.421. The Hall–Kier alpha value is -2.11. The number of hydrogen-bond donors (Lipinski definition) is 2. The van der Waals surface area contributed by atoms with Crippen molar-refractivity contribution in [2.45, 2.75) is 32.1 Å². The molecule has 0 atom stereocenters. The minimum absolute atomic E-state index is 0.118. The SMILES string of the molecule is NNCC1CCCCC1.O=c1cc1C=Cc1ccc2c(c1)OCO2. The van der Waals surface area contributed by atoms with Gasteiger partial charge in [0, 0.05) is 12.1 Å². The molecule has 0 bridgehead atoms. The molecule has 0 aromatic heterocycles. The van der Waals surface area contributed by atoms with Crippen molar-refractivity contribution in [3.05, 3.63) is 45.6 Å². The van der Waals surface area contributed by atoms with Crippen molar-refractivity contribution in [3.63, 3.8) is 0 Å². The van der Waals surface area contributed by atoms with E-state index >= 15 is 0 Å². The molecular formula is C19H24N2O3. The zero-order chi connectivity index (χ0) is 16.8. The van der Waals surface area contributed by atoms with Crippen LogP contribution in [0.4, 0.5) is 0 Å². The van der Waals surface area contributed by atoms with Gasteiger partial charge in [-0.05, 0) is 42.5 Å². The molecule has 0 spiro atoms. The first-order valence-electron chi connectivity index (χ1n) is 8.53. The highest BCUT2D eigenvalue weighted by molar-refractivity contribution is 5.73. The summed E-state index contributed by atoms with van der Waals surface area (Å²) in [5.41, 5.74) is 4.63. The number of rotatable bonds is 4. The summed E-state index contributed by atoms with van der Waals surface area (Å²) in [7, 11) is 0. The molecule has 0 amide bonds. The van der Waals surface area contributed by atoms with E-state index < -0.39 is 0 Å². The summed E-state index contributed by atoms with van der Waals surface area (Å²) in [4.78, 5) is 10.7. The largest absolute Gasteiger partial charge is 0.454 e. The van der Waals surface area contributed by atoms with Gasteiger partial charge in [0.1, 0.15) is 0 Å². The average molecular weight is 328 g/mol. The second kappa shape index (κ2) is 8.13. The van der Waals surface area contributed by atoms with Crippen LogP contribution in [0.15, 0.2) is 29.1 Å². The highest BCUT2D eigenvalue weighted by Crippen LogP contribution is 2.32. The van der Waals surface area contributed by atoms with Crippen molar-refractivity contribution in [2.24, 2.45) is 11.8 Å². The quantitative estimate of drug-likeness (QED) is 0.667. The van der Waals surface area contributed by atoms with Crippen molar-refractivity contribution in [3.8, 4) is 11.5 Å². The van der Waals surface area contributed by atoms with Crippen molar-refractivity contribution in [2.75, 3.05) is 13.3 Å². The molecule has 2 aliphatic rings. The van der Waals surface area contributed by atoms with Gasteiger partial charge in [0.25, 0.3) is 0 Å². The molecule has 2 aromatic rings. The number of ether oxygens (including phenoxy) is 2. The third-order valence-electron chi connectivity index (χ3n) is 4.47. The standard InChI is InChI=1S/C12H8O3.C7H16N2/c13-10-6-9(10)3-1-8-2-4-11-12(5-8)15-7-14-11;8-9-6-7-4-2-1-3-5-7/h1-6H,7H2;7,9H,1-6,8H2. The van der Waals surface area contributed by atoms with E-state index in [1.54, 1.807) is 12.1 Å². The number of nitrogens with two attached hydrogens (primary N) is 1. The van der Waals surface area contributed by atoms with Crippen molar-refractivity contribution in [1.29, 1.82) is 0 Å². The predicted molar refractivity (Wildman–Crippen MR) is 95.3 cm³/mol. The molecule has 5 heteroatoms. The van der Waals surface area contributed by atoms with Gasteiger partial charge >= 0.3 is 0 Å². The summed E-state index contributed by atoms with van der Waals surface area (Å²) in [6.07, 6.45) is 10.7. The number of hydrazine groups is 1. The number of hydrogen-bond acceptors (Lipinski definition) is 5. The maximum Gasteiger partial charge on any atom is 0.231 e. The van der Waals surface area contributed by atoms with Gasteiger partial charge in [-0.2, -0.15) is 0 Å². The normalized spacial score (nSPS) is 17.2. The third-order valence-corrected chi connectivity index (χ3v) is 4.47. The smallest absolute Gasteiger partial charge is 0.231 e. The molecule has 1 aliphatic heterocycles. The van der Waals surface area contributed by atoms with Gasteiger partial charge in [-0.1, -0.05) is 37.5 Å². The monoisotopic (exact) mass is 328 g/mol. The molecule has 0 radical (unpaired) electrons. The third kappa shape index (κ3) is 4.69. The summed E-state index contributed by atoms with van der Waals surface area (Å²) >= 11 is 0. The Morgan fingerprint density at radius 1 is 1.08 bits per heavy atom. The second-order valence-corrected chi connectivity index (χ2v) is 6.32. The van der Waals surface area contributed by atoms with Gasteiger partial charge in [-0.25, -0.2) is 0 Å². The molecule has 1 heterocycles. The van der Waals surface area contributed by atoms with Crippen LogP contribution in [0.5, 0.6) is 11.5 Å². The van der Waals surface area contributed by atoms with Gasteiger partial charge in [0.15, 0.2) is 16.9 Å². The molecule has 24 heavy (non-hydrogen) atoms. The first-order valence-corrected chi connectivity index (χ1v) is 8.53. The molecule has 2 aromatic carbocycles. The number of nitrogens with one attached hydrogen (secondary N) is 1. The second-order valence-electron chi connectivity index (χ2n) is 6.32. The Labute approximate surface area is 142 Å². The first kappa shape index (κ1) is 16.7. The Balaban J connectivity index is 0.000000162. The molecule has 1 saturated carbocycles. The fourth-order valence-corrected chi connectivity index (χ4v) is 3.00. The van der Waals surface area contributed by atoms with Crippen LogP contribution in [0.25, 0.3) is 12.2 Å². The van der Waals surface area contributed by atoms with Crippen molar-refractivity contribution >= 4 is 12.2 Å². The average Bonchev–Trinajstić information content (AvgIpc) is 3.12. The molecule has 3 N–H and O–H groups in total. The van der Waals surface area contributed by atoms with Crippen LogP contribution in [0.1, 0.15) is 43.2 Å². The van der Waals surface area contributed by atoms with Crippen LogP contribution in [-0.4, -0.2) is 13.3 Å². The van der Waals surface area contributed by atoms with E-state index in [1.165, 1.54) is 32.1 Å². The topological polar surface area (TPSA) is 73.6 Å². The maximum atomic E-state index is 10.7. The molecule has 0 saturated heterocycles. The van der Waals surface area contributed by atoms with E-state index in [2.05, 4.69) is 5.43 Å². The van der Waals surface area contributed by atoms with E-state index in [0.717, 1.165) is 35.1 Å². The van der Waals surface area contributed by atoms with E-state index in [0.29, 0.717) is 0 Å². The van der Waals surface area contributed by atoms with Gasteiger partial charge in [0.05, 0.1) is 0 Å². The van der Waals surface area contributed by atoms with Gasteiger partial charge in [-0.3, -0.25) is 16.1 Å². The summed E-state index contributed by atoms with van der Waals surface area (Å²) in [5.74, 6) is 7.60. The van der Waals surface area contributed by atoms with E-state index in [9.17, 15) is 4.79 Å². The summed E-state index contributed by atoms with van der Waals surface area (Å²) in [6.45, 7) is 1.30. The molecule has 128 valence electrons. The van der Waals surface area contributed by atoms with Gasteiger partial charge in [0.2, 0.25) is 6.79 Å². The fourth-order valence-electron chi connectivity index (χ4n) is 3.00. The Bertz CT molecular complexity index is 692. The lowest BCUT2D eigenvalue weighted by molar-refractivity contribution is 0.174. The van der Waals surface area contributed by atoms with Crippen LogP contribution in [0.2, 0.25) is 0 Å². The lowest BCUT2D eigenvalue weighted by atomic mass is 9.89. The minimum atomic E-state index is 0.118. The first-order chi connectivity index (χ1) is 11.8. The molecule has 5 nitrogen and oxygen atoms in total. The Morgan fingerprint density at radius 3 is 2.54 bits per heavy atom. The van der Waals surface area contributed by atoms with Crippen LogP contribution in [0.3, 0.4) is 0 Å². The van der Waals surface area contributed by atoms with Gasteiger partial charge < -0.3 is 9.47 Å². The summed E-state index contributed by atoms with van der Waals surface area (Å²) in [5, 5.41) is 0. The molecule has 1 fully saturated rings. The highest BCUT2D eigenvalue weighted by Gasteiger charge is 2.12. The van der Waals surface area contributed by atoms with Crippen molar-refractivity contribution < 1.29 is 9.47 Å². The molecule has 0 unspecified atom stereocenters. The minimum Gasteiger partial charge on any atom is -0.454 e. The lowest BCUT2D eigenvalue weighted by Crippen LogP contribution is -2.29. The summed E-state index contributed by atoms with van der Waals surface area (Å²) in [6, 6.07) is 7.29. The predicted octanol–water partition coefficient (Wildman–Crippen LogP) is 2.85. The highest BCUT2D eigenvalue weighted by atomic mass is 16.7. The van der Waals surface area contributed by atoms with E-state index in [4.69, 9.17) is 15.3 Å². The van der Waals surface area contributed by atoms with E-state index in [1.807, 2.05) is 24.3 Å².